The Labute approximate surface area is 118 Å². The minimum Gasteiger partial charge on any atom is -0.490 e. The van der Waals surface area contributed by atoms with Crippen LogP contribution in [0.25, 0.3) is 10.8 Å². The predicted molar refractivity (Wildman–Crippen MR) is 77.9 cm³/mol. The summed E-state index contributed by atoms with van der Waals surface area (Å²) >= 11 is 6.18. The first-order valence-electron chi connectivity index (χ1n) is 6.70. The van der Waals surface area contributed by atoms with E-state index in [4.69, 9.17) is 16.3 Å². The van der Waals surface area contributed by atoms with Crippen molar-refractivity contribution in [2.45, 2.75) is 31.3 Å². The van der Waals surface area contributed by atoms with Crippen molar-refractivity contribution >= 4 is 22.4 Å². The molecule has 0 spiro atoms. The van der Waals surface area contributed by atoms with Gasteiger partial charge in [0.1, 0.15) is 12.4 Å². The molecule has 3 heteroatoms. The Morgan fingerprint density at radius 3 is 2.47 bits per heavy atom. The first kappa shape index (κ1) is 12.8. The molecule has 100 valence electrons. The molecule has 3 rings (SSSR count). The monoisotopic (exact) mass is 276 g/mol. The number of rotatable bonds is 3. The Morgan fingerprint density at radius 2 is 1.74 bits per heavy atom. The standard InChI is InChI=1S/C16H17ClO2/c17-14-7-8-15(13-6-2-1-5-12(13)14)19-11-16(18)9-3-4-10-16/h1-2,5-8,18H,3-4,9-11H2. The number of halogens is 1. The third kappa shape index (κ3) is 2.56. The van der Waals surface area contributed by atoms with Crippen LogP contribution in [-0.4, -0.2) is 17.3 Å². The van der Waals surface area contributed by atoms with Crippen LogP contribution in [0.2, 0.25) is 5.02 Å². The lowest BCUT2D eigenvalue weighted by Crippen LogP contribution is -2.32. The number of hydrogen-bond acceptors (Lipinski definition) is 2. The second kappa shape index (κ2) is 5.03. The smallest absolute Gasteiger partial charge is 0.127 e. The van der Waals surface area contributed by atoms with Crippen LogP contribution in [0.1, 0.15) is 25.7 Å². The molecule has 0 saturated heterocycles. The van der Waals surface area contributed by atoms with Gasteiger partial charge in [-0.15, -0.1) is 0 Å². The minimum absolute atomic E-state index is 0.360. The van der Waals surface area contributed by atoms with Crippen molar-refractivity contribution < 1.29 is 9.84 Å². The molecule has 0 heterocycles. The topological polar surface area (TPSA) is 29.5 Å². The van der Waals surface area contributed by atoms with Crippen LogP contribution in [0.15, 0.2) is 36.4 Å². The second-order valence-electron chi connectivity index (χ2n) is 5.31. The van der Waals surface area contributed by atoms with E-state index in [0.29, 0.717) is 6.61 Å². The van der Waals surface area contributed by atoms with Gasteiger partial charge in [0, 0.05) is 15.8 Å². The molecule has 1 N–H and O–H groups in total. The lowest BCUT2D eigenvalue weighted by molar-refractivity contribution is 0.00189. The maximum atomic E-state index is 10.3. The van der Waals surface area contributed by atoms with Gasteiger partial charge in [0.25, 0.3) is 0 Å². The highest BCUT2D eigenvalue weighted by Crippen LogP contribution is 2.34. The summed E-state index contributed by atoms with van der Waals surface area (Å²) in [5.74, 6) is 0.792. The summed E-state index contributed by atoms with van der Waals surface area (Å²) in [6, 6.07) is 11.6. The zero-order chi connectivity index (χ0) is 13.3. The Bertz CT molecular complexity index is 588. The van der Waals surface area contributed by atoms with Crippen LogP contribution in [0.3, 0.4) is 0 Å². The number of hydrogen-bond donors (Lipinski definition) is 1. The van der Waals surface area contributed by atoms with E-state index in [-0.39, 0.29) is 0 Å². The van der Waals surface area contributed by atoms with Gasteiger partial charge < -0.3 is 9.84 Å². The zero-order valence-corrected chi connectivity index (χ0v) is 11.5. The third-order valence-corrected chi connectivity index (χ3v) is 4.19. The van der Waals surface area contributed by atoms with Crippen LogP contribution in [0, 0.1) is 0 Å². The maximum Gasteiger partial charge on any atom is 0.127 e. The van der Waals surface area contributed by atoms with Crippen molar-refractivity contribution in [2.24, 2.45) is 0 Å². The molecule has 0 radical (unpaired) electrons. The van der Waals surface area contributed by atoms with Crippen molar-refractivity contribution in [1.82, 2.24) is 0 Å². The van der Waals surface area contributed by atoms with Crippen molar-refractivity contribution in [3.8, 4) is 5.75 Å². The summed E-state index contributed by atoms with van der Waals surface area (Å²) in [6.07, 6.45) is 3.83. The molecule has 0 unspecified atom stereocenters. The Balaban J connectivity index is 1.87. The Hall–Kier alpha value is -1.25. The summed E-state index contributed by atoms with van der Waals surface area (Å²) in [6.45, 7) is 0.360. The van der Waals surface area contributed by atoms with E-state index in [2.05, 4.69) is 0 Å². The fourth-order valence-corrected chi connectivity index (χ4v) is 2.98. The molecule has 0 atom stereocenters. The van der Waals surface area contributed by atoms with Crippen LogP contribution in [0.4, 0.5) is 0 Å². The lowest BCUT2D eigenvalue weighted by Gasteiger charge is -2.22. The molecule has 0 bridgehead atoms. The highest BCUT2D eigenvalue weighted by atomic mass is 35.5. The SMILES string of the molecule is OC1(COc2ccc(Cl)c3ccccc23)CCCC1. The maximum absolute atomic E-state index is 10.3. The predicted octanol–water partition coefficient (Wildman–Crippen LogP) is 4.18. The molecule has 0 aromatic heterocycles. The summed E-state index contributed by atoms with van der Waals surface area (Å²) in [5, 5.41) is 13.0. The first-order valence-corrected chi connectivity index (χ1v) is 7.08. The van der Waals surface area contributed by atoms with E-state index in [1.54, 1.807) is 0 Å². The molecule has 1 saturated carbocycles. The van der Waals surface area contributed by atoms with Gasteiger partial charge in [-0.25, -0.2) is 0 Å². The van der Waals surface area contributed by atoms with Crippen LogP contribution in [0.5, 0.6) is 5.75 Å². The van der Waals surface area contributed by atoms with Gasteiger partial charge >= 0.3 is 0 Å². The largest absolute Gasteiger partial charge is 0.490 e. The van der Waals surface area contributed by atoms with E-state index in [1.165, 1.54) is 0 Å². The van der Waals surface area contributed by atoms with Gasteiger partial charge in [-0.1, -0.05) is 48.7 Å². The molecule has 1 aliphatic carbocycles. The molecule has 1 aliphatic rings. The van der Waals surface area contributed by atoms with E-state index in [9.17, 15) is 5.11 Å². The first-order chi connectivity index (χ1) is 9.18. The highest BCUT2D eigenvalue weighted by Gasteiger charge is 2.32. The average Bonchev–Trinajstić information content (AvgIpc) is 2.86. The van der Waals surface area contributed by atoms with E-state index in [1.807, 2.05) is 36.4 Å². The van der Waals surface area contributed by atoms with Gasteiger partial charge in [0.05, 0.1) is 5.60 Å². The van der Waals surface area contributed by atoms with Gasteiger partial charge in [-0.05, 0) is 25.0 Å². The number of aliphatic hydroxyl groups is 1. The average molecular weight is 277 g/mol. The van der Waals surface area contributed by atoms with Gasteiger partial charge in [-0.2, -0.15) is 0 Å². The van der Waals surface area contributed by atoms with E-state index in [0.717, 1.165) is 47.2 Å². The molecule has 2 aromatic carbocycles. The second-order valence-corrected chi connectivity index (χ2v) is 5.72. The number of benzene rings is 2. The Morgan fingerprint density at radius 1 is 1.05 bits per heavy atom. The number of ether oxygens (including phenoxy) is 1. The van der Waals surface area contributed by atoms with Gasteiger partial charge in [0.15, 0.2) is 0 Å². The molecule has 2 nitrogen and oxygen atoms in total. The van der Waals surface area contributed by atoms with E-state index >= 15 is 0 Å². The third-order valence-electron chi connectivity index (χ3n) is 3.86. The highest BCUT2D eigenvalue weighted by molar-refractivity contribution is 6.35. The minimum atomic E-state index is -0.652. The van der Waals surface area contributed by atoms with Crippen molar-refractivity contribution in [2.75, 3.05) is 6.61 Å². The molecule has 1 fully saturated rings. The zero-order valence-electron chi connectivity index (χ0n) is 10.7. The summed E-state index contributed by atoms with van der Waals surface area (Å²) in [4.78, 5) is 0. The van der Waals surface area contributed by atoms with Gasteiger partial charge in [0.2, 0.25) is 0 Å². The molecule has 2 aromatic rings. The fraction of sp³-hybridized carbons (Fsp3) is 0.375. The normalized spacial score (nSPS) is 17.8. The number of fused-ring (bicyclic) bond motifs is 1. The summed E-state index contributed by atoms with van der Waals surface area (Å²) in [7, 11) is 0. The van der Waals surface area contributed by atoms with Crippen molar-refractivity contribution in [3.05, 3.63) is 41.4 Å². The Kier molecular flexibility index (Phi) is 3.38. The van der Waals surface area contributed by atoms with Gasteiger partial charge in [-0.3, -0.25) is 0 Å². The molecular weight excluding hydrogens is 260 g/mol. The van der Waals surface area contributed by atoms with Crippen molar-refractivity contribution in [3.63, 3.8) is 0 Å². The van der Waals surface area contributed by atoms with E-state index < -0.39 is 5.60 Å². The van der Waals surface area contributed by atoms with Crippen LogP contribution in [-0.2, 0) is 0 Å². The molecule has 0 amide bonds. The molecule has 0 aliphatic heterocycles. The fourth-order valence-electron chi connectivity index (χ4n) is 2.75. The lowest BCUT2D eigenvalue weighted by atomic mass is 10.0. The van der Waals surface area contributed by atoms with Crippen LogP contribution < -0.4 is 4.74 Å². The molecular formula is C16H17ClO2. The summed E-state index contributed by atoms with van der Waals surface area (Å²) < 4.78 is 5.85. The molecule has 19 heavy (non-hydrogen) atoms. The van der Waals surface area contributed by atoms with Crippen LogP contribution >= 0.6 is 11.6 Å². The van der Waals surface area contributed by atoms with Crippen molar-refractivity contribution in [1.29, 1.82) is 0 Å². The summed E-state index contributed by atoms with van der Waals surface area (Å²) in [5.41, 5.74) is -0.652. The quantitative estimate of drug-likeness (QED) is 0.911.